The zero-order chi connectivity index (χ0) is 16.3. The Morgan fingerprint density at radius 1 is 1.48 bits per heavy atom. The number of rotatable bonds is 6. The van der Waals surface area contributed by atoms with E-state index in [1.165, 1.54) is 11.3 Å². The highest BCUT2D eigenvalue weighted by molar-refractivity contribution is 7.08. The standard InChI is InChI=1S/C15H21N5O2S/c1-15(22,11-5-8-23-9-11)10-17-14(21)16-6-4-13-19-18-12-3-2-7-20(12)13/h5,8-9,22H,2-4,6-7,10H2,1H3,(H2,16,17,21). The minimum Gasteiger partial charge on any atom is -0.384 e. The maximum Gasteiger partial charge on any atom is 0.314 e. The van der Waals surface area contributed by atoms with E-state index >= 15 is 0 Å². The predicted octanol–water partition coefficient (Wildman–Crippen LogP) is 1.04. The van der Waals surface area contributed by atoms with E-state index in [0.717, 1.165) is 36.6 Å². The van der Waals surface area contributed by atoms with Crippen LogP contribution in [0.3, 0.4) is 0 Å². The Labute approximate surface area is 138 Å². The fourth-order valence-electron chi connectivity index (χ4n) is 2.67. The van der Waals surface area contributed by atoms with Gasteiger partial charge >= 0.3 is 6.03 Å². The van der Waals surface area contributed by atoms with E-state index in [-0.39, 0.29) is 12.6 Å². The van der Waals surface area contributed by atoms with Crippen LogP contribution in [0.5, 0.6) is 0 Å². The SMILES string of the molecule is CC(O)(CNC(=O)NCCc1nnc2n1CCC2)c1ccsc1. The Kier molecular flexibility index (Phi) is 4.63. The zero-order valence-corrected chi connectivity index (χ0v) is 13.9. The van der Waals surface area contributed by atoms with Crippen molar-refractivity contribution in [2.24, 2.45) is 0 Å². The zero-order valence-electron chi connectivity index (χ0n) is 13.1. The number of nitrogens with one attached hydrogen (secondary N) is 2. The van der Waals surface area contributed by atoms with Crippen LogP contribution in [0.2, 0.25) is 0 Å². The number of urea groups is 1. The van der Waals surface area contributed by atoms with Crippen LogP contribution in [0.4, 0.5) is 4.79 Å². The van der Waals surface area contributed by atoms with E-state index in [1.54, 1.807) is 6.92 Å². The third-order valence-electron chi connectivity index (χ3n) is 4.06. The Hall–Kier alpha value is -1.93. The number of hydrogen-bond acceptors (Lipinski definition) is 5. The summed E-state index contributed by atoms with van der Waals surface area (Å²) in [6, 6.07) is 1.57. The Morgan fingerprint density at radius 2 is 2.35 bits per heavy atom. The van der Waals surface area contributed by atoms with Crippen LogP contribution in [0, 0.1) is 0 Å². The summed E-state index contributed by atoms with van der Waals surface area (Å²) in [6.45, 7) is 3.31. The average molecular weight is 335 g/mol. The fourth-order valence-corrected chi connectivity index (χ4v) is 3.45. The Morgan fingerprint density at radius 3 is 3.13 bits per heavy atom. The molecule has 0 spiro atoms. The van der Waals surface area contributed by atoms with Gasteiger partial charge in [-0.3, -0.25) is 0 Å². The first-order valence-electron chi connectivity index (χ1n) is 7.74. The molecule has 1 atom stereocenters. The number of thiophene rings is 1. The summed E-state index contributed by atoms with van der Waals surface area (Å²) in [5.41, 5.74) is -0.257. The van der Waals surface area contributed by atoms with Crippen LogP contribution >= 0.6 is 11.3 Å². The van der Waals surface area contributed by atoms with Gasteiger partial charge in [0, 0.05) is 25.9 Å². The minimum atomic E-state index is -1.06. The van der Waals surface area contributed by atoms with Crippen LogP contribution in [0.15, 0.2) is 16.8 Å². The molecule has 7 nitrogen and oxygen atoms in total. The first-order chi connectivity index (χ1) is 11.1. The monoisotopic (exact) mass is 335 g/mol. The van der Waals surface area contributed by atoms with Crippen LogP contribution in [0.25, 0.3) is 0 Å². The van der Waals surface area contributed by atoms with Gasteiger partial charge in [0.05, 0.1) is 6.54 Å². The van der Waals surface area contributed by atoms with Crippen molar-refractivity contribution in [3.05, 3.63) is 34.0 Å². The summed E-state index contributed by atoms with van der Waals surface area (Å²) in [7, 11) is 0. The summed E-state index contributed by atoms with van der Waals surface area (Å²) < 4.78 is 2.13. The van der Waals surface area contributed by atoms with E-state index in [2.05, 4.69) is 25.4 Å². The summed E-state index contributed by atoms with van der Waals surface area (Å²) >= 11 is 1.52. The molecular formula is C15H21N5O2S. The number of carbonyl (C=O) groups is 1. The molecule has 2 amide bonds. The van der Waals surface area contributed by atoms with Gasteiger partial charge in [-0.2, -0.15) is 11.3 Å². The minimum absolute atomic E-state index is 0.163. The smallest absolute Gasteiger partial charge is 0.314 e. The molecule has 0 bridgehead atoms. The summed E-state index contributed by atoms with van der Waals surface area (Å²) in [5.74, 6) is 1.96. The van der Waals surface area contributed by atoms with Gasteiger partial charge in [0.25, 0.3) is 0 Å². The molecule has 3 N–H and O–H groups in total. The van der Waals surface area contributed by atoms with E-state index in [4.69, 9.17) is 0 Å². The Bertz CT molecular complexity index is 665. The van der Waals surface area contributed by atoms with Crippen molar-refractivity contribution >= 4 is 17.4 Å². The second-order valence-electron chi connectivity index (χ2n) is 5.93. The van der Waals surface area contributed by atoms with Crippen molar-refractivity contribution in [2.45, 2.75) is 38.3 Å². The van der Waals surface area contributed by atoms with Gasteiger partial charge in [0.1, 0.15) is 17.2 Å². The molecule has 1 unspecified atom stereocenters. The fraction of sp³-hybridized carbons (Fsp3) is 0.533. The van der Waals surface area contributed by atoms with Crippen LogP contribution in [-0.4, -0.2) is 39.0 Å². The third kappa shape index (κ3) is 3.70. The highest BCUT2D eigenvalue weighted by Crippen LogP contribution is 2.21. The van der Waals surface area contributed by atoms with Crippen LogP contribution in [-0.2, 0) is 25.0 Å². The molecule has 3 heterocycles. The van der Waals surface area contributed by atoms with E-state index in [0.29, 0.717) is 13.0 Å². The molecule has 0 aromatic carbocycles. The average Bonchev–Trinajstić information content (AvgIpc) is 3.24. The number of hydrogen-bond donors (Lipinski definition) is 3. The summed E-state index contributed by atoms with van der Waals surface area (Å²) in [4.78, 5) is 11.8. The van der Waals surface area contributed by atoms with Crippen LogP contribution in [0.1, 0.15) is 30.6 Å². The lowest BCUT2D eigenvalue weighted by Gasteiger charge is -2.22. The summed E-state index contributed by atoms with van der Waals surface area (Å²) in [6.07, 6.45) is 2.75. The van der Waals surface area contributed by atoms with Crippen molar-refractivity contribution in [1.29, 1.82) is 0 Å². The molecule has 2 aromatic heterocycles. The maximum absolute atomic E-state index is 11.8. The number of fused-ring (bicyclic) bond motifs is 1. The second kappa shape index (κ2) is 6.67. The molecule has 3 rings (SSSR count). The molecule has 23 heavy (non-hydrogen) atoms. The summed E-state index contributed by atoms with van der Waals surface area (Å²) in [5, 5.41) is 27.9. The normalized spacial score (nSPS) is 15.9. The molecule has 0 saturated carbocycles. The second-order valence-corrected chi connectivity index (χ2v) is 6.71. The number of aryl methyl sites for hydroxylation is 1. The van der Waals surface area contributed by atoms with E-state index in [1.807, 2.05) is 16.8 Å². The van der Waals surface area contributed by atoms with Gasteiger partial charge in [-0.15, -0.1) is 10.2 Å². The van der Waals surface area contributed by atoms with Crippen LogP contribution < -0.4 is 10.6 Å². The maximum atomic E-state index is 11.8. The number of aromatic nitrogens is 3. The highest BCUT2D eigenvalue weighted by Gasteiger charge is 2.24. The Balaban J connectivity index is 1.41. The van der Waals surface area contributed by atoms with Crippen molar-refractivity contribution in [2.75, 3.05) is 13.1 Å². The lowest BCUT2D eigenvalue weighted by atomic mass is 9.99. The highest BCUT2D eigenvalue weighted by atomic mass is 32.1. The largest absolute Gasteiger partial charge is 0.384 e. The molecule has 0 saturated heterocycles. The quantitative estimate of drug-likeness (QED) is 0.735. The topological polar surface area (TPSA) is 92.1 Å². The molecule has 8 heteroatoms. The van der Waals surface area contributed by atoms with Crippen molar-refractivity contribution in [3.8, 4) is 0 Å². The lowest BCUT2D eigenvalue weighted by molar-refractivity contribution is 0.0598. The molecular weight excluding hydrogens is 314 g/mol. The van der Waals surface area contributed by atoms with Gasteiger partial charge in [-0.1, -0.05) is 0 Å². The van der Waals surface area contributed by atoms with Crippen molar-refractivity contribution in [1.82, 2.24) is 25.4 Å². The lowest BCUT2D eigenvalue weighted by Crippen LogP contribution is -2.43. The van der Waals surface area contributed by atoms with Gasteiger partial charge in [0.15, 0.2) is 0 Å². The first-order valence-corrected chi connectivity index (χ1v) is 8.68. The van der Waals surface area contributed by atoms with E-state index in [9.17, 15) is 9.90 Å². The van der Waals surface area contributed by atoms with Gasteiger partial charge < -0.3 is 20.3 Å². The molecule has 1 aliphatic heterocycles. The first kappa shape index (κ1) is 15.9. The van der Waals surface area contributed by atoms with Gasteiger partial charge in [-0.05, 0) is 35.7 Å². The number of amides is 2. The predicted molar refractivity (Wildman–Crippen MR) is 87.3 cm³/mol. The molecule has 0 radical (unpaired) electrons. The van der Waals surface area contributed by atoms with Gasteiger partial charge in [0.2, 0.25) is 0 Å². The molecule has 0 aliphatic carbocycles. The number of nitrogens with zero attached hydrogens (tertiary/aromatic N) is 3. The van der Waals surface area contributed by atoms with Gasteiger partial charge in [-0.25, -0.2) is 4.79 Å². The number of aliphatic hydroxyl groups is 1. The molecule has 0 fully saturated rings. The third-order valence-corrected chi connectivity index (χ3v) is 4.74. The van der Waals surface area contributed by atoms with Crippen molar-refractivity contribution in [3.63, 3.8) is 0 Å². The number of carbonyl (C=O) groups excluding carboxylic acids is 1. The molecule has 124 valence electrons. The molecule has 1 aliphatic rings. The van der Waals surface area contributed by atoms with Crippen molar-refractivity contribution < 1.29 is 9.90 Å². The van der Waals surface area contributed by atoms with E-state index < -0.39 is 5.60 Å². The molecule has 2 aromatic rings.